The molecule has 0 atom stereocenters. The summed E-state index contributed by atoms with van der Waals surface area (Å²) in [5, 5.41) is 4.62. The molecule has 0 unspecified atom stereocenters. The number of aromatic nitrogens is 3. The van der Waals surface area contributed by atoms with Gasteiger partial charge in [-0.3, -0.25) is 0 Å². The Balaban J connectivity index is 1.21. The number of hydrogen-bond donors (Lipinski definition) is 0. The van der Waals surface area contributed by atoms with E-state index in [1.54, 1.807) is 11.3 Å². The van der Waals surface area contributed by atoms with Crippen LogP contribution in [0.5, 0.6) is 0 Å². The maximum atomic E-state index is 5.12. The van der Waals surface area contributed by atoms with Crippen molar-refractivity contribution in [3.8, 4) is 44.5 Å². The molecule has 0 N–H and O–H groups in total. The molecular formula is C39H27N3S. The van der Waals surface area contributed by atoms with Crippen molar-refractivity contribution < 1.29 is 0 Å². The minimum absolute atomic E-state index is 0.729. The minimum atomic E-state index is 0.729. The molecule has 0 saturated carbocycles. The third kappa shape index (κ3) is 4.96. The molecule has 0 spiro atoms. The molecule has 0 aliphatic heterocycles. The first-order chi connectivity index (χ1) is 21.3. The largest absolute Gasteiger partial charge is 0.236 e. The van der Waals surface area contributed by atoms with Gasteiger partial charge in [0, 0.05) is 22.3 Å². The summed E-state index contributed by atoms with van der Waals surface area (Å²) in [5.74, 6) is 0.729. The van der Waals surface area contributed by atoms with E-state index in [0.29, 0.717) is 0 Å². The van der Waals surface area contributed by atoms with Crippen molar-refractivity contribution in [1.82, 2.24) is 15.0 Å². The Morgan fingerprint density at radius 2 is 1.07 bits per heavy atom. The van der Waals surface area contributed by atoms with Crippen LogP contribution in [0.2, 0.25) is 0 Å². The van der Waals surface area contributed by atoms with Crippen LogP contribution < -0.4 is 9.88 Å². The zero-order valence-electron chi connectivity index (χ0n) is 23.4. The first kappa shape index (κ1) is 25.5. The van der Waals surface area contributed by atoms with Gasteiger partial charge >= 0.3 is 0 Å². The quantitative estimate of drug-likeness (QED) is 0.209. The van der Waals surface area contributed by atoms with Crippen LogP contribution in [0.15, 0.2) is 133 Å². The summed E-state index contributed by atoms with van der Waals surface area (Å²) >= 11 is 1.79. The Hall–Kier alpha value is -5.19. The lowest BCUT2D eigenvalue weighted by Crippen LogP contribution is -2.27. The van der Waals surface area contributed by atoms with Crippen molar-refractivity contribution in [2.45, 2.75) is 12.8 Å². The number of hydrogen-bond acceptors (Lipinski definition) is 4. The third-order valence-electron chi connectivity index (χ3n) is 8.00. The van der Waals surface area contributed by atoms with Gasteiger partial charge in [0.25, 0.3) is 0 Å². The smallest absolute Gasteiger partial charge is 0.160 e. The summed E-state index contributed by atoms with van der Waals surface area (Å²) in [5.41, 5.74) is 8.74. The average Bonchev–Trinajstić information content (AvgIpc) is 3.54. The van der Waals surface area contributed by atoms with Gasteiger partial charge in [0.2, 0.25) is 0 Å². The van der Waals surface area contributed by atoms with Crippen molar-refractivity contribution in [1.29, 1.82) is 0 Å². The van der Waals surface area contributed by atoms with Crippen LogP contribution in [-0.4, -0.2) is 15.0 Å². The molecule has 2 heterocycles. The lowest BCUT2D eigenvalue weighted by Gasteiger charge is -2.12. The maximum Gasteiger partial charge on any atom is 0.160 e. The van der Waals surface area contributed by atoms with E-state index in [1.165, 1.54) is 32.0 Å². The van der Waals surface area contributed by atoms with Crippen molar-refractivity contribution in [2.24, 2.45) is 0 Å². The highest BCUT2D eigenvalue weighted by Gasteiger charge is 2.15. The van der Waals surface area contributed by atoms with Gasteiger partial charge in [0.1, 0.15) is 5.01 Å². The lowest BCUT2D eigenvalue weighted by molar-refractivity contribution is 1.06. The minimum Gasteiger partial charge on any atom is -0.236 e. The molecule has 7 aromatic rings. The van der Waals surface area contributed by atoms with E-state index in [2.05, 4.69) is 103 Å². The summed E-state index contributed by atoms with van der Waals surface area (Å²) in [6.07, 6.45) is 4.38. The summed E-state index contributed by atoms with van der Waals surface area (Å²) in [6.45, 7) is 0. The molecule has 4 heteroatoms. The SMILES string of the molecule is C1=c2sc(-c3ccccc3)nc2=C(c2ccc3cc(-c4cc(-c5ccccc5)nc(-c5ccccc5)n4)ccc3c2)CC1. The topological polar surface area (TPSA) is 38.7 Å². The van der Waals surface area contributed by atoms with Crippen LogP contribution >= 0.6 is 11.3 Å². The highest BCUT2D eigenvalue weighted by molar-refractivity contribution is 7.13. The van der Waals surface area contributed by atoms with Gasteiger partial charge in [-0.15, -0.1) is 11.3 Å². The summed E-state index contributed by atoms with van der Waals surface area (Å²) in [6, 6.07) is 46.5. The normalized spacial score (nSPS) is 12.6. The fraction of sp³-hybridized carbons (Fsp3) is 0.0513. The molecule has 2 aromatic heterocycles. The van der Waals surface area contributed by atoms with Crippen LogP contribution in [0.25, 0.3) is 66.9 Å². The van der Waals surface area contributed by atoms with E-state index in [1.807, 2.05) is 36.4 Å². The summed E-state index contributed by atoms with van der Waals surface area (Å²) in [4.78, 5) is 15.1. The van der Waals surface area contributed by atoms with Crippen LogP contribution in [0.3, 0.4) is 0 Å². The molecule has 1 aliphatic rings. The summed E-state index contributed by atoms with van der Waals surface area (Å²) < 4.78 is 1.28. The van der Waals surface area contributed by atoms with E-state index in [4.69, 9.17) is 15.0 Å². The fourth-order valence-electron chi connectivity index (χ4n) is 5.80. The lowest BCUT2D eigenvalue weighted by atomic mass is 9.95. The second-order valence-electron chi connectivity index (χ2n) is 10.8. The van der Waals surface area contributed by atoms with Gasteiger partial charge in [-0.2, -0.15) is 0 Å². The van der Waals surface area contributed by atoms with Crippen molar-refractivity contribution in [3.63, 3.8) is 0 Å². The van der Waals surface area contributed by atoms with Gasteiger partial charge in [-0.25, -0.2) is 15.0 Å². The van der Waals surface area contributed by atoms with Gasteiger partial charge in [0.15, 0.2) is 5.82 Å². The van der Waals surface area contributed by atoms with Crippen LogP contribution in [0.1, 0.15) is 18.4 Å². The van der Waals surface area contributed by atoms with Crippen molar-refractivity contribution >= 4 is 33.8 Å². The van der Waals surface area contributed by atoms with Crippen LogP contribution in [0, 0.1) is 0 Å². The first-order valence-electron chi connectivity index (χ1n) is 14.6. The van der Waals surface area contributed by atoms with E-state index in [-0.39, 0.29) is 0 Å². The molecule has 0 saturated heterocycles. The zero-order chi connectivity index (χ0) is 28.6. The summed E-state index contributed by atoms with van der Waals surface area (Å²) in [7, 11) is 0. The Morgan fingerprint density at radius 3 is 1.77 bits per heavy atom. The molecule has 0 fully saturated rings. The predicted molar refractivity (Wildman–Crippen MR) is 179 cm³/mol. The van der Waals surface area contributed by atoms with Crippen molar-refractivity contribution in [3.05, 3.63) is 149 Å². The molecule has 8 rings (SSSR count). The molecule has 0 amide bonds. The van der Waals surface area contributed by atoms with Gasteiger partial charge in [-0.1, -0.05) is 121 Å². The molecule has 43 heavy (non-hydrogen) atoms. The molecule has 204 valence electrons. The number of fused-ring (bicyclic) bond motifs is 2. The number of nitrogens with zero attached hydrogens (tertiary/aromatic N) is 3. The van der Waals surface area contributed by atoms with E-state index < -0.39 is 0 Å². The second kappa shape index (κ2) is 10.9. The Kier molecular flexibility index (Phi) is 6.47. The van der Waals surface area contributed by atoms with E-state index >= 15 is 0 Å². The average molecular weight is 570 g/mol. The number of benzene rings is 5. The monoisotopic (exact) mass is 569 g/mol. The molecular weight excluding hydrogens is 543 g/mol. The molecule has 0 bridgehead atoms. The van der Waals surface area contributed by atoms with Gasteiger partial charge in [-0.05, 0) is 52.9 Å². The molecule has 1 aliphatic carbocycles. The standard InChI is InChI=1S/C39H27N3S/c1-4-11-26(12-5-1)34-25-35(41-38(40-34)27-13-6-2-7-14-27)32-22-20-29-23-31(21-19-30(29)24-32)33-17-10-18-36-37(33)42-39(43-36)28-15-8-3-9-16-28/h1-9,11-16,18-25H,10,17H2. The fourth-order valence-corrected chi connectivity index (χ4v) is 6.86. The predicted octanol–water partition coefficient (Wildman–Crippen LogP) is 8.53. The Bertz CT molecular complexity index is 2160. The van der Waals surface area contributed by atoms with E-state index in [9.17, 15) is 0 Å². The Labute approximate surface area is 254 Å². The van der Waals surface area contributed by atoms with Gasteiger partial charge in [0.05, 0.1) is 21.3 Å². The Morgan fingerprint density at radius 1 is 0.488 bits per heavy atom. The zero-order valence-corrected chi connectivity index (χ0v) is 24.3. The second-order valence-corrected chi connectivity index (χ2v) is 11.8. The molecule has 0 radical (unpaired) electrons. The number of thiazole rings is 1. The van der Waals surface area contributed by atoms with Gasteiger partial charge < -0.3 is 0 Å². The highest BCUT2D eigenvalue weighted by atomic mass is 32.1. The van der Waals surface area contributed by atoms with Crippen LogP contribution in [-0.2, 0) is 0 Å². The number of rotatable bonds is 5. The molecule has 3 nitrogen and oxygen atoms in total. The molecule has 5 aromatic carbocycles. The third-order valence-corrected chi connectivity index (χ3v) is 9.10. The first-order valence-corrected chi connectivity index (χ1v) is 15.4. The van der Waals surface area contributed by atoms with Crippen LogP contribution in [0.4, 0.5) is 0 Å². The van der Waals surface area contributed by atoms with Crippen molar-refractivity contribution in [2.75, 3.05) is 0 Å². The highest BCUT2D eigenvalue weighted by Crippen LogP contribution is 2.31. The maximum absolute atomic E-state index is 5.12. The van der Waals surface area contributed by atoms with E-state index in [0.717, 1.165) is 57.1 Å².